The Kier molecular flexibility index (Phi) is 6.03. The van der Waals surface area contributed by atoms with Crippen molar-refractivity contribution in [3.8, 4) is 17.0 Å². The zero-order chi connectivity index (χ0) is 23.8. The van der Waals surface area contributed by atoms with Crippen LogP contribution in [0.2, 0.25) is 0 Å². The molecule has 2 aromatic carbocycles. The van der Waals surface area contributed by atoms with E-state index in [0.29, 0.717) is 30.1 Å². The Morgan fingerprint density at radius 3 is 2.53 bits per heavy atom. The van der Waals surface area contributed by atoms with Gasteiger partial charge in [0.05, 0.1) is 18.4 Å². The number of hydrogen-bond acceptors (Lipinski definition) is 6. The number of piperidine rings is 1. The van der Waals surface area contributed by atoms with Gasteiger partial charge in [-0.05, 0) is 68.7 Å². The fourth-order valence-electron chi connectivity index (χ4n) is 4.56. The Morgan fingerprint density at radius 2 is 1.76 bits per heavy atom. The van der Waals surface area contributed by atoms with Crippen molar-refractivity contribution in [1.29, 1.82) is 0 Å². The second kappa shape index (κ2) is 9.13. The molecule has 0 radical (unpaired) electrons. The van der Waals surface area contributed by atoms with E-state index in [1.54, 1.807) is 18.2 Å². The lowest BCUT2D eigenvalue weighted by Gasteiger charge is -2.29. The number of fused-ring (bicyclic) bond motifs is 1. The molecular weight excluding hydrogens is 443 g/mol. The highest BCUT2D eigenvalue weighted by molar-refractivity contribution is 5.72. The molecule has 0 amide bonds. The van der Waals surface area contributed by atoms with Gasteiger partial charge in [0.15, 0.2) is 17.4 Å². The summed E-state index contributed by atoms with van der Waals surface area (Å²) in [6, 6.07) is 7.80. The van der Waals surface area contributed by atoms with Gasteiger partial charge in [0, 0.05) is 18.3 Å². The van der Waals surface area contributed by atoms with Crippen molar-refractivity contribution in [3.63, 3.8) is 0 Å². The fourth-order valence-corrected chi connectivity index (χ4v) is 4.56. The molecule has 1 aromatic heterocycles. The molecule has 9 heteroatoms. The number of likely N-dealkylation sites (N-methyl/N-ethyl adjacent to an activating group) is 1. The minimum absolute atomic E-state index is 0.0541. The molecule has 34 heavy (non-hydrogen) atoms. The van der Waals surface area contributed by atoms with Gasteiger partial charge in [-0.2, -0.15) is 0 Å². The molecular formula is C25H26F3N5O. The third kappa shape index (κ3) is 4.40. The Balaban J connectivity index is 1.40. The predicted octanol–water partition coefficient (Wildman–Crippen LogP) is 4.94. The van der Waals surface area contributed by atoms with Gasteiger partial charge in [0.2, 0.25) is 5.95 Å². The average Bonchev–Trinajstić information content (AvgIpc) is 2.82. The van der Waals surface area contributed by atoms with Crippen LogP contribution >= 0.6 is 0 Å². The van der Waals surface area contributed by atoms with Crippen LogP contribution < -0.4 is 15.0 Å². The van der Waals surface area contributed by atoms with Crippen LogP contribution in [0.25, 0.3) is 11.3 Å². The molecule has 0 saturated carbocycles. The van der Waals surface area contributed by atoms with Gasteiger partial charge in [0.1, 0.15) is 18.1 Å². The molecule has 1 fully saturated rings. The largest absolute Gasteiger partial charge is 0.486 e. The second-order valence-corrected chi connectivity index (χ2v) is 8.91. The third-order valence-electron chi connectivity index (χ3n) is 6.54. The molecule has 1 N–H and O–H groups in total. The van der Waals surface area contributed by atoms with Gasteiger partial charge in [0.25, 0.3) is 0 Å². The molecule has 3 heterocycles. The quantitative estimate of drug-likeness (QED) is 0.584. The first-order valence-electron chi connectivity index (χ1n) is 11.3. The number of rotatable bonds is 4. The topological polar surface area (TPSA) is 53.5 Å². The number of hydrogen-bond donors (Lipinski definition) is 1. The van der Waals surface area contributed by atoms with Gasteiger partial charge >= 0.3 is 0 Å². The Labute approximate surface area is 196 Å². The van der Waals surface area contributed by atoms with Crippen LogP contribution in [0.1, 0.15) is 24.3 Å². The maximum absolute atomic E-state index is 14.9. The highest BCUT2D eigenvalue weighted by Crippen LogP contribution is 2.38. The normalized spacial score (nSPS) is 16.8. The van der Waals surface area contributed by atoms with E-state index in [2.05, 4.69) is 27.2 Å². The monoisotopic (exact) mass is 469 g/mol. The van der Waals surface area contributed by atoms with Crippen LogP contribution in [0, 0.1) is 17.5 Å². The molecule has 0 unspecified atom stereocenters. The first-order chi connectivity index (χ1) is 16.4. The molecule has 1 saturated heterocycles. The summed E-state index contributed by atoms with van der Waals surface area (Å²) in [5, 5.41) is 2.94. The number of benzene rings is 2. The van der Waals surface area contributed by atoms with Crippen molar-refractivity contribution in [1.82, 2.24) is 14.9 Å². The van der Waals surface area contributed by atoms with Crippen LogP contribution in [-0.2, 0) is 0 Å². The molecule has 2 aliphatic rings. The van der Waals surface area contributed by atoms with Gasteiger partial charge in [-0.15, -0.1) is 0 Å². The zero-order valence-electron chi connectivity index (χ0n) is 19.1. The number of ether oxygens (including phenoxy) is 1. The molecule has 2 aliphatic heterocycles. The number of nitrogens with zero attached hydrogens (tertiary/aromatic N) is 4. The van der Waals surface area contributed by atoms with Crippen LogP contribution in [0.3, 0.4) is 0 Å². The van der Waals surface area contributed by atoms with Crippen LogP contribution in [0.15, 0.2) is 36.5 Å². The summed E-state index contributed by atoms with van der Waals surface area (Å²) >= 11 is 0. The van der Waals surface area contributed by atoms with Crippen molar-refractivity contribution >= 4 is 17.3 Å². The molecule has 6 nitrogen and oxygen atoms in total. The zero-order valence-corrected chi connectivity index (χ0v) is 19.1. The van der Waals surface area contributed by atoms with Gasteiger partial charge in [-0.1, -0.05) is 6.07 Å². The van der Waals surface area contributed by atoms with Gasteiger partial charge in [-0.25, -0.2) is 23.1 Å². The summed E-state index contributed by atoms with van der Waals surface area (Å²) in [5.41, 5.74) is 1.90. The van der Waals surface area contributed by atoms with E-state index in [9.17, 15) is 13.2 Å². The smallest absolute Gasteiger partial charge is 0.227 e. The van der Waals surface area contributed by atoms with Crippen molar-refractivity contribution in [3.05, 3.63) is 59.5 Å². The summed E-state index contributed by atoms with van der Waals surface area (Å²) in [6.45, 7) is 2.86. The number of aromatic nitrogens is 2. The molecule has 0 spiro atoms. The van der Waals surface area contributed by atoms with Crippen molar-refractivity contribution in [2.24, 2.45) is 0 Å². The molecule has 0 atom stereocenters. The lowest BCUT2D eigenvalue weighted by molar-refractivity contribution is 0.253. The van der Waals surface area contributed by atoms with E-state index >= 15 is 0 Å². The molecule has 0 bridgehead atoms. The number of halogens is 3. The second-order valence-electron chi connectivity index (χ2n) is 8.91. The number of anilines is 3. The predicted molar refractivity (Wildman–Crippen MR) is 125 cm³/mol. The Bertz CT molecular complexity index is 1210. The maximum atomic E-state index is 14.9. The van der Waals surface area contributed by atoms with Crippen LogP contribution in [0.4, 0.5) is 30.5 Å². The van der Waals surface area contributed by atoms with E-state index < -0.39 is 11.6 Å². The molecule has 0 aliphatic carbocycles. The van der Waals surface area contributed by atoms with Crippen molar-refractivity contribution < 1.29 is 17.9 Å². The minimum atomic E-state index is -0.687. The summed E-state index contributed by atoms with van der Waals surface area (Å²) in [4.78, 5) is 12.3. The van der Waals surface area contributed by atoms with Gasteiger partial charge in [-0.3, -0.25) is 0 Å². The first-order valence-corrected chi connectivity index (χ1v) is 11.3. The highest BCUT2D eigenvalue weighted by Gasteiger charge is 2.23. The average molecular weight is 470 g/mol. The number of likely N-dealkylation sites (tertiary alicyclic amines) is 1. The van der Waals surface area contributed by atoms with Crippen molar-refractivity contribution in [2.75, 3.05) is 50.6 Å². The van der Waals surface area contributed by atoms with Gasteiger partial charge < -0.3 is 19.9 Å². The summed E-state index contributed by atoms with van der Waals surface area (Å²) in [7, 11) is 3.89. The summed E-state index contributed by atoms with van der Waals surface area (Å²) in [6.07, 6.45) is 2.86. The van der Waals surface area contributed by atoms with E-state index in [-0.39, 0.29) is 34.7 Å². The third-order valence-corrected chi connectivity index (χ3v) is 6.54. The van der Waals surface area contributed by atoms with Crippen LogP contribution in [-0.4, -0.2) is 55.2 Å². The maximum Gasteiger partial charge on any atom is 0.227 e. The summed E-state index contributed by atoms with van der Waals surface area (Å²) in [5.74, 6) is -1.14. The van der Waals surface area contributed by atoms with E-state index in [0.717, 1.165) is 32.1 Å². The summed E-state index contributed by atoms with van der Waals surface area (Å²) < 4.78 is 49.6. The Hall–Kier alpha value is -3.33. The molecule has 5 rings (SSSR count). The SMILES string of the molecule is CN1CCC(c2ccc(Nc3ncc(F)c(-c4cc(F)c5c(c4)N(C)CCO5)n3)cc2F)CC1. The van der Waals surface area contributed by atoms with E-state index in [1.807, 2.05) is 11.9 Å². The van der Waals surface area contributed by atoms with Crippen LogP contribution in [0.5, 0.6) is 5.75 Å². The first kappa shape index (κ1) is 22.5. The Morgan fingerprint density at radius 1 is 0.971 bits per heavy atom. The lowest BCUT2D eigenvalue weighted by Crippen LogP contribution is -2.29. The van der Waals surface area contributed by atoms with E-state index in [4.69, 9.17) is 4.74 Å². The lowest BCUT2D eigenvalue weighted by atomic mass is 9.89. The number of nitrogens with one attached hydrogen (secondary N) is 1. The fraction of sp³-hybridized carbons (Fsp3) is 0.360. The standard InChI is InChI=1S/C25H26F3N5O/c1-32-7-5-15(6-8-32)18-4-3-17(13-19(18)26)30-25-29-14-21(28)23(31-25)16-11-20(27)24-22(12-16)33(2)9-10-34-24/h3-4,11-15H,5-10H2,1-2H3,(H,29,30,31). The molecule has 178 valence electrons. The van der Waals surface area contributed by atoms with Crippen molar-refractivity contribution in [2.45, 2.75) is 18.8 Å². The minimum Gasteiger partial charge on any atom is -0.486 e. The van der Waals surface area contributed by atoms with E-state index in [1.165, 1.54) is 12.1 Å². The molecule has 3 aromatic rings. The highest BCUT2D eigenvalue weighted by atomic mass is 19.1.